The first kappa shape index (κ1) is 35.7. The Kier molecular flexibility index (Phi) is 10.7. The average molecular weight is 638 g/mol. The van der Waals surface area contributed by atoms with Gasteiger partial charge in [0.05, 0.1) is 12.0 Å². The first-order chi connectivity index (χ1) is 21.1. The first-order valence-electron chi connectivity index (χ1n) is 14.9. The molecule has 1 aliphatic heterocycles. The smallest absolute Gasteiger partial charge is 0.413 e. The van der Waals surface area contributed by atoms with Gasteiger partial charge >= 0.3 is 24.0 Å². The number of carbonyl (C=O) groups is 5. The number of hydrogen-bond donors (Lipinski definition) is 3. The maximum atomic E-state index is 13.7. The summed E-state index contributed by atoms with van der Waals surface area (Å²) in [5.41, 5.74) is -0.851. The number of nitrogens with one attached hydrogen (secondary N) is 3. The monoisotopic (exact) mass is 637 g/mol. The molecule has 248 valence electrons. The van der Waals surface area contributed by atoms with Gasteiger partial charge in [0.1, 0.15) is 34.4 Å². The van der Waals surface area contributed by atoms with Crippen LogP contribution >= 0.6 is 0 Å². The Morgan fingerprint density at radius 2 is 1.50 bits per heavy atom. The molecule has 1 unspecified atom stereocenters. The van der Waals surface area contributed by atoms with Crippen LogP contribution in [0.2, 0.25) is 0 Å². The van der Waals surface area contributed by atoms with E-state index in [9.17, 15) is 24.0 Å². The van der Waals surface area contributed by atoms with Gasteiger partial charge in [-0.25, -0.2) is 14.4 Å². The summed E-state index contributed by atoms with van der Waals surface area (Å²) in [6.07, 6.45) is -0.716. The van der Waals surface area contributed by atoms with Crippen molar-refractivity contribution in [2.45, 2.75) is 104 Å². The van der Waals surface area contributed by atoms with Gasteiger partial charge < -0.3 is 24.3 Å². The van der Waals surface area contributed by atoms with Gasteiger partial charge in [-0.2, -0.15) is 0 Å². The minimum absolute atomic E-state index is 0.117. The molecule has 0 saturated carbocycles. The van der Waals surface area contributed by atoms with Crippen LogP contribution in [0.3, 0.4) is 0 Å². The predicted molar refractivity (Wildman–Crippen MR) is 169 cm³/mol. The fourth-order valence-corrected chi connectivity index (χ4v) is 4.53. The standard InChI is InChI=1S/C34H43N3O9/c1-32(2,3)44-26(38)18-24(30(41)45-33(4,5)6)36-28(39)22-11-10-12-23-21(22)15-13-19-17-20(14-16-25(19)43-29(23)40)27(35)37-31(42)46-34(7,8)9/h10-12,14,16-17,24H,13,15,18H2,1-9H3,(H,36,39)(H2,35,37,42). The minimum atomic E-state index is -1.36. The van der Waals surface area contributed by atoms with Crippen molar-refractivity contribution in [3.05, 3.63) is 64.2 Å². The highest BCUT2D eigenvalue weighted by atomic mass is 16.6. The van der Waals surface area contributed by atoms with Crippen LogP contribution in [0.15, 0.2) is 36.4 Å². The van der Waals surface area contributed by atoms with Gasteiger partial charge in [0.2, 0.25) is 0 Å². The van der Waals surface area contributed by atoms with Crippen LogP contribution < -0.4 is 15.4 Å². The number of rotatable bonds is 6. The molecule has 1 aliphatic rings. The van der Waals surface area contributed by atoms with Crippen molar-refractivity contribution in [1.82, 2.24) is 10.6 Å². The predicted octanol–water partition coefficient (Wildman–Crippen LogP) is 5.03. The van der Waals surface area contributed by atoms with Crippen LogP contribution in [0, 0.1) is 5.41 Å². The summed E-state index contributed by atoms with van der Waals surface area (Å²) >= 11 is 0. The molecular weight excluding hydrogens is 594 g/mol. The molecule has 3 N–H and O–H groups in total. The maximum Gasteiger partial charge on any atom is 0.413 e. The lowest BCUT2D eigenvalue weighted by atomic mass is 9.92. The Labute approximate surface area is 269 Å². The third-order valence-corrected chi connectivity index (χ3v) is 6.25. The Bertz CT molecular complexity index is 1540. The summed E-state index contributed by atoms with van der Waals surface area (Å²) in [5, 5.41) is 13.3. The van der Waals surface area contributed by atoms with Crippen molar-refractivity contribution in [1.29, 1.82) is 5.41 Å². The third-order valence-electron chi connectivity index (χ3n) is 6.25. The molecule has 0 saturated heterocycles. The van der Waals surface area contributed by atoms with E-state index in [1.165, 1.54) is 18.2 Å². The zero-order chi connectivity index (χ0) is 34.6. The van der Waals surface area contributed by atoms with Gasteiger partial charge in [-0.1, -0.05) is 6.07 Å². The lowest BCUT2D eigenvalue weighted by Crippen LogP contribution is -2.46. The van der Waals surface area contributed by atoms with E-state index in [1.807, 2.05) is 0 Å². The molecule has 12 heteroatoms. The second-order valence-corrected chi connectivity index (χ2v) is 13.9. The lowest BCUT2D eigenvalue weighted by molar-refractivity contribution is -0.164. The zero-order valence-electron chi connectivity index (χ0n) is 27.8. The van der Waals surface area contributed by atoms with Crippen molar-refractivity contribution in [3.8, 4) is 5.75 Å². The molecule has 2 amide bonds. The Hall–Kier alpha value is -4.74. The number of carbonyl (C=O) groups excluding carboxylic acids is 5. The molecule has 1 atom stereocenters. The maximum absolute atomic E-state index is 13.7. The third kappa shape index (κ3) is 10.4. The number of aryl methyl sites for hydroxylation is 1. The Balaban J connectivity index is 1.88. The van der Waals surface area contributed by atoms with E-state index in [4.69, 9.17) is 24.4 Å². The number of alkyl carbamates (subject to hydrolysis) is 1. The Morgan fingerprint density at radius 1 is 0.870 bits per heavy atom. The van der Waals surface area contributed by atoms with Crippen LogP contribution in [-0.4, -0.2) is 58.6 Å². The molecule has 0 aliphatic carbocycles. The molecule has 12 nitrogen and oxygen atoms in total. The molecule has 0 fully saturated rings. The van der Waals surface area contributed by atoms with E-state index >= 15 is 0 Å². The largest absolute Gasteiger partial charge is 0.460 e. The average Bonchev–Trinajstić information content (AvgIpc) is 2.87. The highest BCUT2D eigenvalue weighted by Gasteiger charge is 2.32. The molecule has 46 heavy (non-hydrogen) atoms. The molecule has 2 aromatic carbocycles. The molecule has 0 radical (unpaired) electrons. The molecule has 1 heterocycles. The van der Waals surface area contributed by atoms with E-state index in [1.54, 1.807) is 80.5 Å². The number of amidine groups is 1. The van der Waals surface area contributed by atoms with Crippen molar-refractivity contribution in [2.24, 2.45) is 0 Å². The van der Waals surface area contributed by atoms with Crippen LogP contribution in [0.25, 0.3) is 0 Å². The number of fused-ring (bicyclic) bond motifs is 2. The molecule has 0 spiro atoms. The van der Waals surface area contributed by atoms with Gasteiger partial charge in [0.25, 0.3) is 5.91 Å². The second kappa shape index (κ2) is 13.7. The highest BCUT2D eigenvalue weighted by Crippen LogP contribution is 2.29. The zero-order valence-corrected chi connectivity index (χ0v) is 27.8. The molecule has 0 aromatic heterocycles. The fourth-order valence-electron chi connectivity index (χ4n) is 4.53. The van der Waals surface area contributed by atoms with Crippen LogP contribution in [-0.2, 0) is 36.6 Å². The van der Waals surface area contributed by atoms with Crippen molar-refractivity contribution >= 4 is 35.7 Å². The highest BCUT2D eigenvalue weighted by molar-refractivity contribution is 6.05. The summed E-state index contributed by atoms with van der Waals surface area (Å²) < 4.78 is 21.7. The summed E-state index contributed by atoms with van der Waals surface area (Å²) in [5.74, 6) is -2.82. The number of ether oxygens (including phenoxy) is 4. The minimum Gasteiger partial charge on any atom is -0.460 e. The van der Waals surface area contributed by atoms with E-state index < -0.39 is 59.2 Å². The molecular formula is C34H43N3O9. The SMILES string of the molecule is CC(C)(C)OC(=O)CC(NC(=O)c1cccc2c1CCc1cc(C(=N)NC(=O)OC(C)(C)C)ccc1OC2=O)C(=O)OC(C)(C)C. The first-order valence-corrected chi connectivity index (χ1v) is 14.9. The van der Waals surface area contributed by atoms with E-state index in [-0.39, 0.29) is 29.1 Å². The van der Waals surface area contributed by atoms with Gasteiger partial charge in [-0.3, -0.25) is 20.3 Å². The number of esters is 3. The number of amides is 2. The van der Waals surface area contributed by atoms with Crippen molar-refractivity contribution in [2.75, 3.05) is 0 Å². The van der Waals surface area contributed by atoms with Crippen LogP contribution in [0.1, 0.15) is 106 Å². The van der Waals surface area contributed by atoms with Crippen LogP contribution in [0.5, 0.6) is 5.75 Å². The topological polar surface area (TPSA) is 170 Å². The molecule has 3 rings (SSSR count). The quantitative estimate of drug-likeness (QED) is 0.129. The van der Waals surface area contributed by atoms with E-state index in [0.29, 0.717) is 23.1 Å². The number of hydrogen-bond acceptors (Lipinski definition) is 10. The van der Waals surface area contributed by atoms with Gasteiger partial charge in [-0.15, -0.1) is 0 Å². The summed E-state index contributed by atoms with van der Waals surface area (Å²) in [6, 6.07) is 7.93. The normalized spacial score (nSPS) is 13.8. The summed E-state index contributed by atoms with van der Waals surface area (Å²) in [4.78, 5) is 64.8. The lowest BCUT2D eigenvalue weighted by Gasteiger charge is -2.26. The van der Waals surface area contributed by atoms with Gasteiger partial charge in [0.15, 0.2) is 0 Å². The summed E-state index contributed by atoms with van der Waals surface area (Å²) in [7, 11) is 0. The van der Waals surface area contributed by atoms with Gasteiger partial charge in [0, 0.05) is 11.1 Å². The summed E-state index contributed by atoms with van der Waals surface area (Å²) in [6.45, 7) is 15.2. The second-order valence-electron chi connectivity index (χ2n) is 13.9. The van der Waals surface area contributed by atoms with Gasteiger partial charge in [-0.05, 0) is 117 Å². The van der Waals surface area contributed by atoms with E-state index in [2.05, 4.69) is 10.6 Å². The molecule has 2 aromatic rings. The van der Waals surface area contributed by atoms with E-state index in [0.717, 1.165) is 0 Å². The van der Waals surface area contributed by atoms with Crippen LogP contribution in [0.4, 0.5) is 4.79 Å². The van der Waals surface area contributed by atoms with Crippen molar-refractivity contribution in [3.63, 3.8) is 0 Å². The fraction of sp³-hybridized carbons (Fsp3) is 0.471. The molecule has 0 bridgehead atoms. The number of benzene rings is 2. The van der Waals surface area contributed by atoms with Crippen molar-refractivity contribution < 1.29 is 42.9 Å². The Morgan fingerprint density at radius 3 is 2.11 bits per heavy atom.